The van der Waals surface area contributed by atoms with E-state index in [4.69, 9.17) is 4.74 Å². The molecule has 29 heavy (non-hydrogen) atoms. The number of aryl methyl sites for hydroxylation is 1. The van der Waals surface area contributed by atoms with Crippen LogP contribution in [0.15, 0.2) is 69.8 Å². The number of fused-ring (bicyclic) bond motifs is 2. The van der Waals surface area contributed by atoms with Crippen LogP contribution >= 0.6 is 11.3 Å². The van der Waals surface area contributed by atoms with Gasteiger partial charge in [-0.25, -0.2) is 0 Å². The lowest BCUT2D eigenvalue weighted by Gasteiger charge is -2.26. The molecule has 1 aliphatic heterocycles. The standard InChI is InChI=1S/C22H15N3O3S/c1-13-20(26)23-22-25(24-13)21(27)18(29-22)12-16-11-15-9-5-6-10-17(15)28-19(16)14-7-3-2-4-8-14/h2-12,19H,1H3/b18-12+. The smallest absolute Gasteiger partial charge is 0.295 e. The second-order valence-electron chi connectivity index (χ2n) is 6.70. The van der Waals surface area contributed by atoms with Gasteiger partial charge in [0.25, 0.3) is 11.1 Å². The third kappa shape index (κ3) is 3.05. The van der Waals surface area contributed by atoms with Crippen molar-refractivity contribution in [3.8, 4) is 5.75 Å². The predicted octanol–water partition coefficient (Wildman–Crippen LogP) is 2.54. The molecule has 1 unspecified atom stereocenters. The Balaban J connectivity index is 1.73. The maximum atomic E-state index is 12.8. The Kier molecular flexibility index (Phi) is 4.10. The molecule has 0 radical (unpaired) electrons. The first-order valence-corrected chi connectivity index (χ1v) is 9.86. The minimum absolute atomic E-state index is 0.195. The number of rotatable bonds is 2. The van der Waals surface area contributed by atoms with Crippen molar-refractivity contribution in [2.75, 3.05) is 0 Å². The highest BCUT2D eigenvalue weighted by molar-refractivity contribution is 7.15. The Morgan fingerprint density at radius 3 is 2.66 bits per heavy atom. The monoisotopic (exact) mass is 401 g/mol. The van der Waals surface area contributed by atoms with Crippen molar-refractivity contribution < 1.29 is 4.74 Å². The van der Waals surface area contributed by atoms with E-state index >= 15 is 0 Å². The lowest BCUT2D eigenvalue weighted by molar-refractivity contribution is 0.244. The van der Waals surface area contributed by atoms with E-state index in [0.717, 1.165) is 33.8 Å². The first-order chi connectivity index (χ1) is 14.1. The SMILES string of the molecule is Cc1nn2c(=O)/c(=C\C3=Cc4ccccc4OC3c3ccccc3)sc2nc1=O. The van der Waals surface area contributed by atoms with Crippen molar-refractivity contribution in [1.29, 1.82) is 0 Å². The lowest BCUT2D eigenvalue weighted by atomic mass is 9.96. The molecule has 7 heteroatoms. The van der Waals surface area contributed by atoms with E-state index in [9.17, 15) is 9.59 Å². The molecule has 142 valence electrons. The number of benzene rings is 2. The fraction of sp³-hybridized carbons (Fsp3) is 0.0909. The zero-order chi connectivity index (χ0) is 20.0. The Morgan fingerprint density at radius 2 is 1.83 bits per heavy atom. The van der Waals surface area contributed by atoms with Crippen LogP contribution in [0, 0.1) is 6.92 Å². The van der Waals surface area contributed by atoms with Crippen LogP contribution < -0.4 is 20.4 Å². The average molecular weight is 401 g/mol. The molecular weight excluding hydrogens is 386 g/mol. The summed E-state index contributed by atoms with van der Waals surface area (Å²) in [5, 5.41) is 4.07. The van der Waals surface area contributed by atoms with Gasteiger partial charge in [-0.2, -0.15) is 14.6 Å². The molecule has 0 saturated carbocycles. The number of ether oxygens (including phenoxy) is 1. The molecule has 4 aromatic rings. The molecule has 0 bridgehead atoms. The summed E-state index contributed by atoms with van der Waals surface area (Å²) in [6.07, 6.45) is 3.48. The minimum atomic E-state index is -0.422. The summed E-state index contributed by atoms with van der Waals surface area (Å²) in [5.74, 6) is 0.793. The quantitative estimate of drug-likeness (QED) is 0.516. The van der Waals surface area contributed by atoms with Crippen molar-refractivity contribution in [1.82, 2.24) is 14.6 Å². The Hall–Kier alpha value is -3.58. The third-order valence-electron chi connectivity index (χ3n) is 4.73. The van der Waals surface area contributed by atoms with Gasteiger partial charge in [0.2, 0.25) is 4.96 Å². The van der Waals surface area contributed by atoms with Gasteiger partial charge >= 0.3 is 0 Å². The topological polar surface area (TPSA) is 73.6 Å². The summed E-state index contributed by atoms with van der Waals surface area (Å²) in [4.78, 5) is 28.9. The molecule has 1 atom stereocenters. The summed E-state index contributed by atoms with van der Waals surface area (Å²) < 4.78 is 7.90. The maximum Gasteiger partial charge on any atom is 0.295 e. The first-order valence-electron chi connectivity index (χ1n) is 9.04. The maximum absolute atomic E-state index is 12.8. The Labute approximate surface area is 169 Å². The van der Waals surface area contributed by atoms with Gasteiger partial charge < -0.3 is 4.74 Å². The molecule has 0 amide bonds. The molecule has 0 spiro atoms. The second-order valence-corrected chi connectivity index (χ2v) is 7.71. The van der Waals surface area contributed by atoms with Crippen LogP contribution in [0.25, 0.3) is 17.1 Å². The molecule has 0 aliphatic carbocycles. The van der Waals surface area contributed by atoms with Crippen molar-refractivity contribution in [3.63, 3.8) is 0 Å². The van der Waals surface area contributed by atoms with E-state index in [0.29, 0.717) is 4.53 Å². The van der Waals surface area contributed by atoms with E-state index in [1.165, 1.54) is 4.52 Å². The molecule has 5 rings (SSSR count). The normalized spacial score (nSPS) is 16.4. The van der Waals surface area contributed by atoms with Crippen LogP contribution in [0.1, 0.15) is 22.9 Å². The largest absolute Gasteiger partial charge is 0.480 e. The zero-order valence-electron chi connectivity index (χ0n) is 15.4. The molecule has 0 fully saturated rings. The fourth-order valence-corrected chi connectivity index (χ4v) is 4.21. The van der Waals surface area contributed by atoms with Gasteiger partial charge in [0.1, 0.15) is 17.5 Å². The number of para-hydroxylation sites is 1. The summed E-state index contributed by atoms with van der Waals surface area (Å²) in [7, 11) is 0. The van der Waals surface area contributed by atoms with Crippen LogP contribution in [-0.4, -0.2) is 14.6 Å². The molecule has 3 heterocycles. The van der Waals surface area contributed by atoms with Crippen molar-refractivity contribution in [3.05, 3.63) is 102 Å². The van der Waals surface area contributed by atoms with Crippen LogP contribution in [0.4, 0.5) is 0 Å². The Bertz CT molecular complexity index is 1440. The highest BCUT2D eigenvalue weighted by Gasteiger charge is 2.23. The van der Waals surface area contributed by atoms with E-state index in [1.54, 1.807) is 13.0 Å². The van der Waals surface area contributed by atoms with Gasteiger partial charge in [0.15, 0.2) is 0 Å². The van der Waals surface area contributed by atoms with Gasteiger partial charge in [0.05, 0.1) is 4.53 Å². The summed E-state index contributed by atoms with van der Waals surface area (Å²) in [6, 6.07) is 17.6. The van der Waals surface area contributed by atoms with Crippen molar-refractivity contribution in [2.45, 2.75) is 13.0 Å². The highest BCUT2D eigenvalue weighted by atomic mass is 32.1. The van der Waals surface area contributed by atoms with Crippen LogP contribution in [0.2, 0.25) is 0 Å². The average Bonchev–Trinajstić information content (AvgIpc) is 3.03. The summed E-state index contributed by atoms with van der Waals surface area (Å²) >= 11 is 1.14. The van der Waals surface area contributed by atoms with E-state index in [2.05, 4.69) is 10.1 Å². The lowest BCUT2D eigenvalue weighted by Crippen LogP contribution is -2.27. The van der Waals surface area contributed by atoms with Crippen LogP contribution in [0.3, 0.4) is 0 Å². The van der Waals surface area contributed by atoms with Crippen molar-refractivity contribution >= 4 is 28.4 Å². The van der Waals surface area contributed by atoms with Crippen LogP contribution in [-0.2, 0) is 0 Å². The molecule has 2 aromatic heterocycles. The molecule has 0 saturated heterocycles. The molecule has 0 N–H and O–H groups in total. The third-order valence-corrected chi connectivity index (χ3v) is 5.69. The van der Waals surface area contributed by atoms with Gasteiger partial charge in [-0.3, -0.25) is 9.59 Å². The first kappa shape index (κ1) is 17.5. The van der Waals surface area contributed by atoms with E-state index in [-0.39, 0.29) is 22.3 Å². The number of aromatic nitrogens is 3. The van der Waals surface area contributed by atoms with E-state index < -0.39 is 5.56 Å². The number of hydrogen-bond donors (Lipinski definition) is 0. The molecule has 6 nitrogen and oxygen atoms in total. The van der Waals surface area contributed by atoms with Gasteiger partial charge in [-0.15, -0.1) is 0 Å². The van der Waals surface area contributed by atoms with Gasteiger partial charge in [-0.1, -0.05) is 59.9 Å². The summed E-state index contributed by atoms with van der Waals surface area (Å²) in [6.45, 7) is 1.54. The van der Waals surface area contributed by atoms with Gasteiger partial charge in [0, 0.05) is 5.56 Å². The van der Waals surface area contributed by atoms with E-state index in [1.807, 2.05) is 60.7 Å². The molecule has 1 aliphatic rings. The van der Waals surface area contributed by atoms with Crippen molar-refractivity contribution in [2.24, 2.45) is 0 Å². The number of nitrogens with zero attached hydrogens (tertiary/aromatic N) is 3. The van der Waals surface area contributed by atoms with Crippen LogP contribution in [0.5, 0.6) is 5.75 Å². The molecular formula is C22H15N3O3S. The highest BCUT2D eigenvalue weighted by Crippen LogP contribution is 2.37. The minimum Gasteiger partial charge on any atom is -0.480 e. The number of thiazole rings is 1. The summed E-state index contributed by atoms with van der Waals surface area (Å²) in [5.41, 5.74) is 2.25. The fourth-order valence-electron chi connectivity index (χ4n) is 3.30. The van der Waals surface area contributed by atoms with Gasteiger partial charge in [-0.05, 0) is 36.3 Å². The number of hydrogen-bond acceptors (Lipinski definition) is 6. The predicted molar refractivity (Wildman–Crippen MR) is 112 cm³/mol. The Morgan fingerprint density at radius 1 is 1.07 bits per heavy atom. The second kappa shape index (κ2) is 6.79. The zero-order valence-corrected chi connectivity index (χ0v) is 16.2. The molecule has 2 aromatic carbocycles.